The Morgan fingerprint density at radius 3 is 1.27 bits per heavy atom. The van der Waals surface area contributed by atoms with E-state index in [1.54, 1.807) is 0 Å². The van der Waals surface area contributed by atoms with Gasteiger partial charge in [0, 0.05) is 8.95 Å². The van der Waals surface area contributed by atoms with Crippen molar-refractivity contribution in [1.82, 2.24) is 0 Å². The molecule has 0 spiro atoms. The molecule has 2 rings (SSSR count). The molecular formula is C12H10Br2Si. The van der Waals surface area contributed by atoms with Crippen molar-refractivity contribution in [3.8, 4) is 0 Å². The lowest BCUT2D eigenvalue weighted by Crippen LogP contribution is -2.26. The van der Waals surface area contributed by atoms with Crippen LogP contribution in [-0.4, -0.2) is 9.52 Å². The number of hydrogen-bond acceptors (Lipinski definition) is 0. The zero-order valence-corrected chi connectivity index (χ0v) is 12.7. The van der Waals surface area contributed by atoms with Crippen LogP contribution in [0.4, 0.5) is 0 Å². The molecule has 0 fully saturated rings. The highest BCUT2D eigenvalue weighted by Gasteiger charge is 1.97. The maximum absolute atomic E-state index is 3.45. The van der Waals surface area contributed by atoms with E-state index in [0.717, 1.165) is 8.95 Å². The van der Waals surface area contributed by atoms with Crippen molar-refractivity contribution in [3.05, 3.63) is 57.5 Å². The fraction of sp³-hybridized carbons (Fsp3) is 0. The first kappa shape index (κ1) is 11.1. The van der Waals surface area contributed by atoms with Crippen LogP contribution in [-0.2, 0) is 0 Å². The quantitative estimate of drug-likeness (QED) is 0.735. The number of rotatable bonds is 2. The molecule has 2 aromatic carbocycles. The minimum atomic E-state index is -0.308. The van der Waals surface area contributed by atoms with Gasteiger partial charge in [-0.2, -0.15) is 0 Å². The predicted octanol–water partition coefficient (Wildman–Crippen LogP) is 2.33. The van der Waals surface area contributed by atoms with E-state index in [0.29, 0.717) is 0 Å². The second-order valence-electron chi connectivity index (χ2n) is 3.43. The summed E-state index contributed by atoms with van der Waals surface area (Å²) in [5.41, 5.74) is 0. The van der Waals surface area contributed by atoms with Gasteiger partial charge in [-0.05, 0) is 24.3 Å². The van der Waals surface area contributed by atoms with Gasteiger partial charge in [-0.1, -0.05) is 66.5 Å². The summed E-state index contributed by atoms with van der Waals surface area (Å²) in [5, 5.41) is 2.95. The zero-order chi connectivity index (χ0) is 10.7. The molecule has 0 unspecified atom stereocenters. The molecule has 3 heteroatoms. The van der Waals surface area contributed by atoms with Crippen LogP contribution < -0.4 is 10.4 Å². The van der Waals surface area contributed by atoms with Gasteiger partial charge in [0.15, 0.2) is 0 Å². The largest absolute Gasteiger partial charge is 0.0875 e. The van der Waals surface area contributed by atoms with E-state index in [1.807, 2.05) is 0 Å². The third-order valence-corrected chi connectivity index (χ3v) is 5.05. The van der Waals surface area contributed by atoms with Gasteiger partial charge in [-0.15, -0.1) is 0 Å². The summed E-state index contributed by atoms with van der Waals surface area (Å²) in [6.45, 7) is 0. The van der Waals surface area contributed by atoms with Gasteiger partial charge >= 0.3 is 0 Å². The van der Waals surface area contributed by atoms with E-state index in [9.17, 15) is 0 Å². The van der Waals surface area contributed by atoms with Crippen molar-refractivity contribution in [2.24, 2.45) is 0 Å². The van der Waals surface area contributed by atoms with Crippen LogP contribution in [0.25, 0.3) is 0 Å². The molecule has 76 valence electrons. The van der Waals surface area contributed by atoms with Gasteiger partial charge in [0.25, 0.3) is 0 Å². The van der Waals surface area contributed by atoms with Gasteiger partial charge in [-0.25, -0.2) is 0 Å². The van der Waals surface area contributed by atoms with Crippen molar-refractivity contribution in [1.29, 1.82) is 0 Å². The minimum Gasteiger partial charge on any atom is -0.0622 e. The molecule has 0 saturated heterocycles. The maximum Gasteiger partial charge on any atom is 0.0875 e. The second kappa shape index (κ2) is 5.10. The van der Waals surface area contributed by atoms with E-state index >= 15 is 0 Å². The average Bonchev–Trinajstić information content (AvgIpc) is 2.25. The SMILES string of the molecule is Brc1ccc([SiH2]c2ccc(Br)cc2)cc1. The first-order valence-electron chi connectivity index (χ1n) is 4.73. The molecule has 2 aromatic rings. The average molecular weight is 342 g/mol. The molecule has 0 aliphatic rings. The van der Waals surface area contributed by atoms with Crippen molar-refractivity contribution in [2.45, 2.75) is 0 Å². The summed E-state index contributed by atoms with van der Waals surface area (Å²) in [5.74, 6) is 0. The molecule has 0 aliphatic heterocycles. The topological polar surface area (TPSA) is 0 Å². The Labute approximate surface area is 109 Å². The van der Waals surface area contributed by atoms with Crippen LogP contribution in [0.1, 0.15) is 0 Å². The third kappa shape index (κ3) is 3.29. The van der Waals surface area contributed by atoms with Gasteiger partial charge < -0.3 is 0 Å². The molecular weight excluding hydrogens is 332 g/mol. The molecule has 0 heterocycles. The highest BCUT2D eigenvalue weighted by Crippen LogP contribution is 2.06. The van der Waals surface area contributed by atoms with Crippen LogP contribution in [0.5, 0.6) is 0 Å². The van der Waals surface area contributed by atoms with Crippen LogP contribution in [0, 0.1) is 0 Å². The molecule has 0 atom stereocenters. The Morgan fingerprint density at radius 2 is 0.933 bits per heavy atom. The summed E-state index contributed by atoms with van der Waals surface area (Å²) in [6.07, 6.45) is 0. The Bertz CT molecular complexity index is 391. The molecule has 0 aromatic heterocycles. The molecule has 0 amide bonds. The molecule has 0 bridgehead atoms. The molecule has 0 aliphatic carbocycles. The van der Waals surface area contributed by atoms with Crippen LogP contribution in [0.3, 0.4) is 0 Å². The molecule has 0 nitrogen and oxygen atoms in total. The fourth-order valence-electron chi connectivity index (χ4n) is 1.44. The summed E-state index contributed by atoms with van der Waals surface area (Å²) in [7, 11) is -0.308. The zero-order valence-electron chi connectivity index (χ0n) is 8.08. The number of halogens is 2. The molecule has 0 saturated carbocycles. The molecule has 0 N–H and O–H groups in total. The van der Waals surface area contributed by atoms with Crippen molar-refractivity contribution in [3.63, 3.8) is 0 Å². The lowest BCUT2D eigenvalue weighted by Gasteiger charge is -2.01. The Kier molecular flexibility index (Phi) is 3.78. The van der Waals surface area contributed by atoms with Crippen LogP contribution >= 0.6 is 31.9 Å². The normalized spacial score (nSPS) is 10.3. The monoisotopic (exact) mass is 340 g/mol. The van der Waals surface area contributed by atoms with Gasteiger partial charge in [-0.3, -0.25) is 0 Å². The Morgan fingerprint density at radius 1 is 0.600 bits per heavy atom. The summed E-state index contributed by atoms with van der Waals surface area (Å²) < 4.78 is 2.30. The van der Waals surface area contributed by atoms with E-state index in [4.69, 9.17) is 0 Å². The van der Waals surface area contributed by atoms with E-state index in [2.05, 4.69) is 80.4 Å². The minimum absolute atomic E-state index is 0.308. The summed E-state index contributed by atoms with van der Waals surface area (Å²) in [4.78, 5) is 0. The lowest BCUT2D eigenvalue weighted by molar-refractivity contribution is 1.68. The first-order valence-corrected chi connectivity index (χ1v) is 7.73. The Hall–Kier alpha value is -0.383. The fourth-order valence-corrected chi connectivity index (χ4v) is 3.38. The smallest absolute Gasteiger partial charge is 0.0622 e. The first-order chi connectivity index (χ1) is 7.24. The van der Waals surface area contributed by atoms with Crippen molar-refractivity contribution >= 4 is 51.8 Å². The Balaban J connectivity index is 2.15. The highest BCUT2D eigenvalue weighted by molar-refractivity contribution is 9.10. The molecule has 15 heavy (non-hydrogen) atoms. The van der Waals surface area contributed by atoms with Crippen molar-refractivity contribution < 1.29 is 0 Å². The van der Waals surface area contributed by atoms with E-state index < -0.39 is 0 Å². The highest BCUT2D eigenvalue weighted by atomic mass is 79.9. The van der Waals surface area contributed by atoms with Crippen molar-refractivity contribution in [2.75, 3.05) is 0 Å². The summed E-state index contributed by atoms with van der Waals surface area (Å²) >= 11 is 6.90. The lowest BCUT2D eigenvalue weighted by atomic mass is 10.4. The standard InChI is InChI=1S/C12H10Br2Si/c13-9-1-5-11(6-2-9)15-12-7-3-10(14)4-8-12/h1-8H,15H2. The van der Waals surface area contributed by atoms with E-state index in [-0.39, 0.29) is 9.52 Å². The number of hydrogen-bond donors (Lipinski definition) is 0. The van der Waals surface area contributed by atoms with Gasteiger partial charge in [0.1, 0.15) is 0 Å². The van der Waals surface area contributed by atoms with E-state index in [1.165, 1.54) is 10.4 Å². The predicted molar refractivity (Wildman–Crippen MR) is 76.1 cm³/mol. The van der Waals surface area contributed by atoms with Gasteiger partial charge in [0.2, 0.25) is 0 Å². The van der Waals surface area contributed by atoms with Crippen LogP contribution in [0.2, 0.25) is 0 Å². The molecule has 0 radical (unpaired) electrons. The second-order valence-corrected chi connectivity index (χ2v) is 7.25. The third-order valence-electron chi connectivity index (χ3n) is 2.23. The number of benzene rings is 2. The maximum atomic E-state index is 3.45. The summed E-state index contributed by atoms with van der Waals surface area (Å²) in [6, 6.07) is 17.3. The van der Waals surface area contributed by atoms with Crippen LogP contribution in [0.15, 0.2) is 57.5 Å². The van der Waals surface area contributed by atoms with Gasteiger partial charge in [0.05, 0.1) is 9.52 Å².